The van der Waals surface area contributed by atoms with Crippen LogP contribution >= 0.6 is 0 Å². The molecule has 2 atom stereocenters. The predicted molar refractivity (Wildman–Crippen MR) is 80.9 cm³/mol. The van der Waals surface area contributed by atoms with Gasteiger partial charge in [-0.25, -0.2) is 0 Å². The van der Waals surface area contributed by atoms with E-state index in [0.717, 1.165) is 31.7 Å². The molecule has 1 N–H and O–H groups in total. The lowest BCUT2D eigenvalue weighted by atomic mass is 9.98. The first-order chi connectivity index (χ1) is 9.76. The molecule has 0 radical (unpaired) electrons. The summed E-state index contributed by atoms with van der Waals surface area (Å²) in [7, 11) is 0. The van der Waals surface area contributed by atoms with E-state index in [1.165, 1.54) is 25.7 Å². The predicted octanol–water partition coefficient (Wildman–Crippen LogP) is 1.45. The van der Waals surface area contributed by atoms with Gasteiger partial charge in [-0.05, 0) is 38.3 Å². The highest BCUT2D eigenvalue weighted by Crippen LogP contribution is 2.29. The smallest absolute Gasteiger partial charge is 0.250 e. The van der Waals surface area contributed by atoms with Gasteiger partial charge in [-0.1, -0.05) is 13.0 Å². The topological polar surface area (TPSA) is 37.3 Å². The fourth-order valence-electron chi connectivity index (χ4n) is 3.81. The fourth-order valence-corrected chi connectivity index (χ4v) is 3.81. The maximum absolute atomic E-state index is 11.7. The number of rotatable bonds is 5. The Morgan fingerprint density at radius 1 is 1.30 bits per heavy atom. The van der Waals surface area contributed by atoms with Crippen LogP contribution in [-0.4, -0.2) is 40.7 Å². The summed E-state index contributed by atoms with van der Waals surface area (Å²) in [6.45, 7) is 5.08. The van der Waals surface area contributed by atoms with E-state index in [2.05, 4.69) is 17.1 Å². The van der Waals surface area contributed by atoms with Crippen LogP contribution in [0.2, 0.25) is 0 Å². The molecule has 1 aromatic rings. The van der Waals surface area contributed by atoms with E-state index in [1.807, 2.05) is 16.8 Å². The Bertz CT molecular complexity index is 486. The number of hydrogen-bond acceptors (Lipinski definition) is 3. The molecule has 2 unspecified atom stereocenters. The molecule has 3 rings (SSSR count). The Balaban J connectivity index is 1.60. The molecule has 2 aliphatic rings. The van der Waals surface area contributed by atoms with Gasteiger partial charge in [0.15, 0.2) is 0 Å². The minimum atomic E-state index is 0.105. The highest BCUT2D eigenvalue weighted by atomic mass is 16.1. The van der Waals surface area contributed by atoms with Crippen molar-refractivity contribution in [3.63, 3.8) is 0 Å². The molecule has 0 spiro atoms. The minimum absolute atomic E-state index is 0.105. The molecule has 1 aromatic heterocycles. The lowest BCUT2D eigenvalue weighted by Crippen LogP contribution is -2.49. The second-order valence-electron chi connectivity index (χ2n) is 6.12. The number of aromatic nitrogens is 1. The van der Waals surface area contributed by atoms with Crippen molar-refractivity contribution in [2.75, 3.05) is 13.1 Å². The number of nitrogens with zero attached hydrogens (tertiary/aromatic N) is 2. The third-order valence-electron chi connectivity index (χ3n) is 4.90. The van der Waals surface area contributed by atoms with Crippen molar-refractivity contribution in [2.24, 2.45) is 0 Å². The van der Waals surface area contributed by atoms with E-state index < -0.39 is 0 Å². The summed E-state index contributed by atoms with van der Waals surface area (Å²) in [5, 5.41) is 3.70. The molecule has 0 saturated carbocycles. The quantitative estimate of drug-likeness (QED) is 0.884. The van der Waals surface area contributed by atoms with Gasteiger partial charge < -0.3 is 9.88 Å². The number of fused-ring (bicyclic) bond motifs is 2. The van der Waals surface area contributed by atoms with Crippen molar-refractivity contribution in [1.29, 1.82) is 0 Å². The Kier molecular flexibility index (Phi) is 4.22. The molecular weight excluding hydrogens is 250 g/mol. The lowest BCUT2D eigenvalue weighted by molar-refractivity contribution is 0.143. The largest absolute Gasteiger partial charge is 0.314 e. The maximum Gasteiger partial charge on any atom is 0.250 e. The fraction of sp³-hybridized carbons (Fsp3) is 0.688. The molecule has 110 valence electrons. The van der Waals surface area contributed by atoms with Crippen LogP contribution in [0.1, 0.15) is 32.6 Å². The van der Waals surface area contributed by atoms with Crippen molar-refractivity contribution in [3.8, 4) is 0 Å². The van der Waals surface area contributed by atoms with Gasteiger partial charge in [0.2, 0.25) is 0 Å². The Morgan fingerprint density at radius 2 is 2.05 bits per heavy atom. The number of hydrogen-bond donors (Lipinski definition) is 1. The van der Waals surface area contributed by atoms with Gasteiger partial charge in [-0.15, -0.1) is 0 Å². The third kappa shape index (κ3) is 2.96. The summed E-state index contributed by atoms with van der Waals surface area (Å²) < 4.78 is 1.82. The van der Waals surface area contributed by atoms with Gasteiger partial charge in [-0.3, -0.25) is 9.69 Å². The van der Waals surface area contributed by atoms with Gasteiger partial charge in [0.25, 0.3) is 5.56 Å². The molecule has 0 aromatic carbocycles. The standard InChI is InChI=1S/C16H25N3O/c1-2-18(9-10-19-8-4-3-5-16(19)20)15-11-13-6-7-14(12-15)17-13/h3-5,8,13-15,17H,2,6-7,9-12H2,1H3. The van der Waals surface area contributed by atoms with E-state index in [0.29, 0.717) is 6.04 Å². The van der Waals surface area contributed by atoms with Gasteiger partial charge >= 0.3 is 0 Å². The van der Waals surface area contributed by atoms with E-state index in [9.17, 15) is 4.79 Å². The second-order valence-corrected chi connectivity index (χ2v) is 6.12. The van der Waals surface area contributed by atoms with Crippen LogP contribution in [-0.2, 0) is 6.54 Å². The molecule has 2 fully saturated rings. The monoisotopic (exact) mass is 275 g/mol. The van der Waals surface area contributed by atoms with E-state index in [1.54, 1.807) is 12.1 Å². The average Bonchev–Trinajstić information content (AvgIpc) is 2.80. The minimum Gasteiger partial charge on any atom is -0.314 e. The normalized spacial score (nSPS) is 29.0. The van der Waals surface area contributed by atoms with E-state index in [4.69, 9.17) is 0 Å². The Labute approximate surface area is 120 Å². The number of nitrogens with one attached hydrogen (secondary N) is 1. The van der Waals surface area contributed by atoms with Crippen molar-refractivity contribution in [3.05, 3.63) is 34.7 Å². The molecule has 20 heavy (non-hydrogen) atoms. The summed E-state index contributed by atoms with van der Waals surface area (Å²) >= 11 is 0. The summed E-state index contributed by atoms with van der Waals surface area (Å²) in [5.41, 5.74) is 0.105. The molecule has 4 nitrogen and oxygen atoms in total. The Morgan fingerprint density at radius 3 is 2.70 bits per heavy atom. The van der Waals surface area contributed by atoms with Crippen LogP contribution in [0, 0.1) is 0 Å². The molecule has 2 saturated heterocycles. The SMILES string of the molecule is CCN(CCn1ccccc1=O)C1CC2CCC(C1)N2. The summed E-state index contributed by atoms with van der Waals surface area (Å²) in [6.07, 6.45) is 7.12. The first kappa shape index (κ1) is 13.8. The number of pyridine rings is 1. The van der Waals surface area contributed by atoms with Crippen LogP contribution in [0.15, 0.2) is 29.2 Å². The second kappa shape index (κ2) is 6.10. The van der Waals surface area contributed by atoms with Gasteiger partial charge in [0, 0.05) is 43.5 Å². The van der Waals surface area contributed by atoms with Crippen molar-refractivity contribution < 1.29 is 0 Å². The van der Waals surface area contributed by atoms with Crippen molar-refractivity contribution >= 4 is 0 Å². The molecule has 0 aliphatic carbocycles. The lowest BCUT2D eigenvalue weighted by Gasteiger charge is -2.37. The summed E-state index contributed by atoms with van der Waals surface area (Å²) in [6, 6.07) is 7.53. The first-order valence-corrected chi connectivity index (χ1v) is 7.92. The summed E-state index contributed by atoms with van der Waals surface area (Å²) in [4.78, 5) is 14.3. The number of piperidine rings is 1. The molecule has 2 aliphatic heterocycles. The molecule has 2 bridgehead atoms. The summed E-state index contributed by atoms with van der Waals surface area (Å²) in [5.74, 6) is 0. The van der Waals surface area contributed by atoms with Gasteiger partial charge in [-0.2, -0.15) is 0 Å². The van der Waals surface area contributed by atoms with Crippen LogP contribution < -0.4 is 10.9 Å². The van der Waals surface area contributed by atoms with Crippen molar-refractivity contribution in [2.45, 2.75) is 57.3 Å². The van der Waals surface area contributed by atoms with E-state index >= 15 is 0 Å². The maximum atomic E-state index is 11.7. The van der Waals surface area contributed by atoms with E-state index in [-0.39, 0.29) is 5.56 Å². The van der Waals surface area contributed by atoms with Crippen LogP contribution in [0.4, 0.5) is 0 Å². The van der Waals surface area contributed by atoms with Crippen LogP contribution in [0.25, 0.3) is 0 Å². The molecule has 0 amide bonds. The van der Waals surface area contributed by atoms with Crippen molar-refractivity contribution in [1.82, 2.24) is 14.8 Å². The highest BCUT2D eigenvalue weighted by molar-refractivity contribution is 4.96. The highest BCUT2D eigenvalue weighted by Gasteiger charge is 2.35. The molecule has 3 heterocycles. The average molecular weight is 275 g/mol. The number of likely N-dealkylation sites (N-methyl/N-ethyl adjacent to an activating group) is 1. The third-order valence-corrected chi connectivity index (χ3v) is 4.90. The molecule has 4 heteroatoms. The van der Waals surface area contributed by atoms with Crippen LogP contribution in [0.3, 0.4) is 0 Å². The van der Waals surface area contributed by atoms with Gasteiger partial charge in [0.1, 0.15) is 0 Å². The zero-order valence-electron chi connectivity index (χ0n) is 12.3. The molecular formula is C16H25N3O. The zero-order chi connectivity index (χ0) is 13.9. The Hall–Kier alpha value is -1.13. The van der Waals surface area contributed by atoms with Crippen LogP contribution in [0.5, 0.6) is 0 Å². The van der Waals surface area contributed by atoms with Gasteiger partial charge in [0.05, 0.1) is 0 Å². The first-order valence-electron chi connectivity index (χ1n) is 7.92. The zero-order valence-corrected chi connectivity index (χ0v) is 12.3.